The normalized spacial score (nSPS) is 12.1. The molecule has 0 bridgehead atoms. The molecule has 0 saturated heterocycles. The van der Waals surface area contributed by atoms with Gasteiger partial charge in [0.25, 0.3) is 0 Å². The molecule has 2 radical (unpaired) electrons. The van der Waals surface area contributed by atoms with Gasteiger partial charge in [-0.3, -0.25) is 0 Å². The minimum atomic E-state index is -4.31. The second-order valence-corrected chi connectivity index (χ2v) is 9.92. The first-order chi connectivity index (χ1) is 9.39. The Morgan fingerprint density at radius 3 is 1.50 bits per heavy atom. The van der Waals surface area contributed by atoms with Crippen molar-refractivity contribution in [3.63, 3.8) is 0 Å². The summed E-state index contributed by atoms with van der Waals surface area (Å²) in [4.78, 5) is 0. The van der Waals surface area contributed by atoms with Crippen molar-refractivity contribution in [2.45, 2.75) is 88.2 Å². The quantitative estimate of drug-likeness (QED) is 0.317. The van der Waals surface area contributed by atoms with Crippen LogP contribution in [0.5, 0.6) is 0 Å². The molecule has 0 aromatic heterocycles. The molecule has 116 valence electrons. The van der Waals surface area contributed by atoms with Gasteiger partial charge in [-0.1, -0.05) is 0 Å². The fourth-order valence-corrected chi connectivity index (χ4v) is 6.27. The van der Waals surface area contributed by atoms with Crippen molar-refractivity contribution in [1.82, 2.24) is 0 Å². The maximum atomic E-state index is 12.2. The zero-order valence-electron chi connectivity index (χ0n) is 13.0. The number of alkyl halides is 3. The Hall–Kier alpha value is 0.149. The van der Waals surface area contributed by atoms with Gasteiger partial charge in [0, 0.05) is 0 Å². The van der Waals surface area contributed by atoms with Crippen LogP contribution in [0.1, 0.15) is 78.6 Å². The number of halogens is 3. The molecule has 0 heterocycles. The van der Waals surface area contributed by atoms with E-state index in [1.165, 1.54) is 5.92 Å². The van der Waals surface area contributed by atoms with Gasteiger partial charge in [-0.2, -0.15) is 0 Å². The summed E-state index contributed by atoms with van der Waals surface area (Å²) in [6.45, 7) is 6.45. The third-order valence-corrected chi connectivity index (χ3v) is 7.93. The molecule has 0 rings (SSSR count). The predicted octanol–water partition coefficient (Wildman–Crippen LogP) is 5.94. The molecule has 0 aromatic carbocycles. The van der Waals surface area contributed by atoms with Gasteiger partial charge in [-0.15, -0.1) is 0 Å². The zero-order valence-corrected chi connectivity index (χ0v) is 15.9. The van der Waals surface area contributed by atoms with Crippen LogP contribution in [0.15, 0.2) is 0 Å². The van der Waals surface area contributed by atoms with Gasteiger partial charge in [0.05, 0.1) is 0 Å². The second kappa shape index (κ2) is 10.8. The van der Waals surface area contributed by atoms with Crippen LogP contribution in [0.3, 0.4) is 0 Å². The molecule has 0 aromatic rings. The molecule has 20 heavy (non-hydrogen) atoms. The molecule has 0 aliphatic heterocycles. The molecule has 0 unspecified atom stereocenters. The van der Waals surface area contributed by atoms with E-state index in [4.69, 9.17) is 0 Å². The summed E-state index contributed by atoms with van der Waals surface area (Å²) in [5.74, 6) is 1.53. The number of unbranched alkanes of at least 4 members (excludes halogenated alkanes) is 3. The van der Waals surface area contributed by atoms with Crippen LogP contribution < -0.4 is 0 Å². The standard InChI is InChI=1S/C13H27.C3F3.Sn/c1-4-7-10-13(11-8-5-2)12-9-6-3;1-2-3(4,5)6;/h4-12H2,1-3H3;;. The van der Waals surface area contributed by atoms with E-state index in [1.807, 2.05) is 0 Å². The minimum absolute atomic E-state index is 0.170. The van der Waals surface area contributed by atoms with Crippen molar-refractivity contribution < 1.29 is 13.2 Å². The molecule has 0 atom stereocenters. The molecule has 0 nitrogen and oxygen atoms in total. The first-order valence-corrected chi connectivity index (χ1v) is 10.6. The summed E-state index contributed by atoms with van der Waals surface area (Å²) in [6.07, 6.45) is 5.68. The van der Waals surface area contributed by atoms with Gasteiger partial charge in [-0.25, -0.2) is 0 Å². The topological polar surface area (TPSA) is 0 Å². The Kier molecular flexibility index (Phi) is 10.9. The summed E-state index contributed by atoms with van der Waals surface area (Å²) < 4.78 is 39.5. The molecule has 0 aliphatic rings. The first kappa shape index (κ1) is 20.1. The average molecular weight is 395 g/mol. The molecule has 0 spiro atoms. The Morgan fingerprint density at radius 2 is 1.20 bits per heavy atom. The monoisotopic (exact) mass is 396 g/mol. The summed E-state index contributed by atoms with van der Waals surface area (Å²) in [6, 6.07) is 0. The fraction of sp³-hybridized carbons (Fsp3) is 0.875. The van der Waals surface area contributed by atoms with E-state index in [0.717, 1.165) is 57.8 Å². The molecule has 4 heteroatoms. The van der Waals surface area contributed by atoms with Gasteiger partial charge in [0.1, 0.15) is 0 Å². The van der Waals surface area contributed by atoms with Crippen LogP contribution >= 0.6 is 0 Å². The van der Waals surface area contributed by atoms with Crippen LogP contribution in [0.4, 0.5) is 13.2 Å². The second-order valence-electron chi connectivity index (χ2n) is 5.46. The van der Waals surface area contributed by atoms with E-state index in [0.29, 0.717) is 0 Å². The van der Waals surface area contributed by atoms with Crippen molar-refractivity contribution in [2.24, 2.45) is 0 Å². The zero-order chi connectivity index (χ0) is 15.5. The Balaban J connectivity index is 4.86. The van der Waals surface area contributed by atoms with Crippen LogP contribution in [-0.2, 0) is 0 Å². The molecule has 0 amide bonds. The first-order valence-electron chi connectivity index (χ1n) is 7.75. The summed E-state index contributed by atoms with van der Waals surface area (Å²) in [7, 11) is 0. The third kappa shape index (κ3) is 9.96. The number of hydrogen-bond acceptors (Lipinski definition) is 0. The van der Waals surface area contributed by atoms with Gasteiger partial charge < -0.3 is 0 Å². The van der Waals surface area contributed by atoms with Crippen molar-refractivity contribution in [1.29, 1.82) is 0 Å². The SMILES string of the molecule is CCCC[C](CCCC)(CCCC)[Sn][C]#CC(F)(F)F. The number of hydrogen-bond donors (Lipinski definition) is 0. The average Bonchev–Trinajstić information content (AvgIpc) is 2.38. The summed E-state index contributed by atoms with van der Waals surface area (Å²) >= 11 is -1.32. The van der Waals surface area contributed by atoms with E-state index in [1.54, 1.807) is 0 Å². The molecule has 0 fully saturated rings. The van der Waals surface area contributed by atoms with E-state index in [2.05, 4.69) is 24.7 Å². The molecule has 0 N–H and O–H groups in total. The molecular weight excluding hydrogens is 368 g/mol. The van der Waals surface area contributed by atoms with Crippen LogP contribution in [0, 0.1) is 9.86 Å². The van der Waals surface area contributed by atoms with Crippen molar-refractivity contribution in [2.75, 3.05) is 0 Å². The molecule has 0 saturated carbocycles. The predicted molar refractivity (Wildman–Crippen MR) is 80.9 cm³/mol. The van der Waals surface area contributed by atoms with Gasteiger partial charge in [-0.05, 0) is 0 Å². The van der Waals surface area contributed by atoms with Crippen molar-refractivity contribution in [3.05, 3.63) is 0 Å². The molecule has 0 aliphatic carbocycles. The van der Waals surface area contributed by atoms with E-state index in [-0.39, 0.29) is 3.43 Å². The number of rotatable bonds is 10. The van der Waals surface area contributed by atoms with E-state index < -0.39 is 27.3 Å². The summed E-state index contributed by atoms with van der Waals surface area (Å²) in [5.41, 5.74) is 0. The van der Waals surface area contributed by atoms with Gasteiger partial charge in [0.15, 0.2) is 0 Å². The Bertz CT molecular complexity index is 277. The van der Waals surface area contributed by atoms with Crippen molar-refractivity contribution >= 4 is 21.1 Å². The van der Waals surface area contributed by atoms with Gasteiger partial charge in [0.2, 0.25) is 0 Å². The molecular formula is C16H27F3Sn. The fourth-order valence-electron chi connectivity index (χ4n) is 2.34. The summed E-state index contributed by atoms with van der Waals surface area (Å²) in [5, 5.41) is 0. The van der Waals surface area contributed by atoms with Crippen molar-refractivity contribution in [3.8, 4) is 9.86 Å². The Labute approximate surface area is 132 Å². The third-order valence-electron chi connectivity index (χ3n) is 3.56. The van der Waals surface area contributed by atoms with E-state index >= 15 is 0 Å². The maximum absolute atomic E-state index is 12.2. The van der Waals surface area contributed by atoms with E-state index in [9.17, 15) is 13.2 Å². The van der Waals surface area contributed by atoms with Gasteiger partial charge >= 0.3 is 132 Å². The van der Waals surface area contributed by atoms with Crippen LogP contribution in [-0.4, -0.2) is 27.3 Å². The Morgan fingerprint density at radius 1 is 0.800 bits per heavy atom. The van der Waals surface area contributed by atoms with Crippen LogP contribution in [0.25, 0.3) is 0 Å². The van der Waals surface area contributed by atoms with Crippen LogP contribution in [0.2, 0.25) is 3.43 Å².